The average molecular weight is 222 g/mol. The van der Waals surface area contributed by atoms with Gasteiger partial charge in [0.2, 0.25) is 0 Å². The fourth-order valence-corrected chi connectivity index (χ4v) is 1.18. The number of rotatable bonds is 2. The molecule has 1 atom stereocenters. The minimum Gasteiger partial charge on any atom is -0.444 e. The Morgan fingerprint density at radius 2 is 1.88 bits per heavy atom. The van der Waals surface area contributed by atoms with Gasteiger partial charge in [0.15, 0.2) is 0 Å². The zero-order chi connectivity index (χ0) is 12.2. The molecule has 16 heavy (non-hydrogen) atoms. The van der Waals surface area contributed by atoms with E-state index in [4.69, 9.17) is 10.5 Å². The summed E-state index contributed by atoms with van der Waals surface area (Å²) in [6, 6.07) is 9.33. The van der Waals surface area contributed by atoms with E-state index in [1.165, 1.54) is 0 Å². The highest BCUT2D eigenvalue weighted by atomic mass is 16.6. The number of hydrogen-bond donors (Lipinski definition) is 2. The maximum Gasteiger partial charge on any atom is 0.409 e. The summed E-state index contributed by atoms with van der Waals surface area (Å²) >= 11 is 0. The van der Waals surface area contributed by atoms with Crippen molar-refractivity contribution in [3.8, 4) is 0 Å². The monoisotopic (exact) mass is 222 g/mol. The Morgan fingerprint density at radius 3 is 2.38 bits per heavy atom. The zero-order valence-corrected chi connectivity index (χ0v) is 9.86. The summed E-state index contributed by atoms with van der Waals surface area (Å²) in [5, 5.41) is 2.57. The molecule has 1 aromatic rings. The van der Waals surface area contributed by atoms with Gasteiger partial charge in [-0.3, -0.25) is 0 Å². The van der Waals surface area contributed by atoms with Crippen molar-refractivity contribution in [1.29, 1.82) is 0 Å². The van der Waals surface area contributed by atoms with E-state index in [2.05, 4.69) is 5.32 Å². The lowest BCUT2D eigenvalue weighted by Gasteiger charge is -2.22. The van der Waals surface area contributed by atoms with Crippen molar-refractivity contribution in [3.05, 3.63) is 35.9 Å². The van der Waals surface area contributed by atoms with Gasteiger partial charge in [-0.1, -0.05) is 30.3 Å². The first-order valence-corrected chi connectivity index (χ1v) is 5.18. The van der Waals surface area contributed by atoms with Gasteiger partial charge in [-0.15, -0.1) is 0 Å². The van der Waals surface area contributed by atoms with Crippen LogP contribution in [0.15, 0.2) is 30.3 Å². The molecule has 0 fully saturated rings. The third kappa shape index (κ3) is 4.31. The first-order valence-electron chi connectivity index (χ1n) is 5.18. The molecule has 0 bridgehead atoms. The maximum atomic E-state index is 11.4. The van der Waals surface area contributed by atoms with Crippen LogP contribution in [-0.4, -0.2) is 11.7 Å². The lowest BCUT2D eigenvalue weighted by molar-refractivity contribution is 0.0505. The molecule has 0 aliphatic rings. The second-order valence-corrected chi connectivity index (χ2v) is 4.53. The van der Waals surface area contributed by atoms with Crippen molar-refractivity contribution < 1.29 is 9.53 Å². The number of nitrogens with two attached hydrogens (primary N) is 1. The van der Waals surface area contributed by atoms with Crippen LogP contribution < -0.4 is 11.1 Å². The van der Waals surface area contributed by atoms with Crippen molar-refractivity contribution in [3.63, 3.8) is 0 Å². The Morgan fingerprint density at radius 1 is 1.31 bits per heavy atom. The van der Waals surface area contributed by atoms with Crippen molar-refractivity contribution in [1.82, 2.24) is 5.32 Å². The first kappa shape index (κ1) is 12.5. The predicted octanol–water partition coefficient (Wildman–Crippen LogP) is 2.17. The van der Waals surface area contributed by atoms with E-state index in [1.807, 2.05) is 30.3 Å². The highest BCUT2D eigenvalue weighted by molar-refractivity contribution is 5.68. The normalized spacial score (nSPS) is 13.0. The Hall–Kier alpha value is -1.55. The number of hydrogen-bond acceptors (Lipinski definition) is 3. The van der Waals surface area contributed by atoms with Crippen LogP contribution in [0.4, 0.5) is 4.79 Å². The molecule has 0 heterocycles. The third-order valence-electron chi connectivity index (χ3n) is 1.83. The molecule has 0 aromatic heterocycles. The van der Waals surface area contributed by atoms with Gasteiger partial charge in [0, 0.05) is 0 Å². The summed E-state index contributed by atoms with van der Waals surface area (Å²) in [7, 11) is 0. The zero-order valence-electron chi connectivity index (χ0n) is 9.86. The van der Waals surface area contributed by atoms with Crippen molar-refractivity contribution in [2.45, 2.75) is 32.5 Å². The molecule has 0 saturated heterocycles. The van der Waals surface area contributed by atoms with Crippen LogP contribution in [-0.2, 0) is 4.74 Å². The van der Waals surface area contributed by atoms with Gasteiger partial charge in [0.05, 0.1) is 0 Å². The molecule has 1 aromatic carbocycles. The third-order valence-corrected chi connectivity index (χ3v) is 1.83. The second-order valence-electron chi connectivity index (χ2n) is 4.53. The second kappa shape index (κ2) is 4.99. The van der Waals surface area contributed by atoms with Crippen LogP contribution in [0.1, 0.15) is 32.5 Å². The molecule has 1 rings (SSSR count). The summed E-state index contributed by atoms with van der Waals surface area (Å²) < 4.78 is 5.10. The molecule has 0 unspecified atom stereocenters. The van der Waals surface area contributed by atoms with Gasteiger partial charge in [0.1, 0.15) is 11.8 Å². The molecule has 0 aliphatic carbocycles. The summed E-state index contributed by atoms with van der Waals surface area (Å²) in [6.07, 6.45) is -1.06. The summed E-state index contributed by atoms with van der Waals surface area (Å²) in [4.78, 5) is 11.4. The van der Waals surface area contributed by atoms with E-state index >= 15 is 0 Å². The predicted molar refractivity (Wildman–Crippen MR) is 62.7 cm³/mol. The number of ether oxygens (including phenoxy) is 1. The van der Waals surface area contributed by atoms with Crippen molar-refractivity contribution in [2.75, 3.05) is 0 Å². The number of carbonyl (C=O) groups excluding carboxylic acids is 1. The Kier molecular flexibility index (Phi) is 3.90. The van der Waals surface area contributed by atoms with Crippen LogP contribution in [0.25, 0.3) is 0 Å². The molecule has 4 nitrogen and oxygen atoms in total. The highest BCUT2D eigenvalue weighted by Crippen LogP contribution is 2.10. The summed E-state index contributed by atoms with van der Waals surface area (Å²) in [5.41, 5.74) is 6.13. The maximum absolute atomic E-state index is 11.4. The van der Waals surface area contributed by atoms with Crippen LogP contribution in [0, 0.1) is 0 Å². The summed E-state index contributed by atoms with van der Waals surface area (Å²) in [6.45, 7) is 5.42. The molecule has 0 spiro atoms. The van der Waals surface area contributed by atoms with Gasteiger partial charge >= 0.3 is 6.09 Å². The lowest BCUT2D eigenvalue weighted by Crippen LogP contribution is -2.38. The van der Waals surface area contributed by atoms with Crippen LogP contribution in [0.5, 0.6) is 0 Å². The molecule has 88 valence electrons. The fraction of sp³-hybridized carbons (Fsp3) is 0.417. The molecular formula is C12H18N2O2. The van der Waals surface area contributed by atoms with E-state index in [0.29, 0.717) is 0 Å². The largest absolute Gasteiger partial charge is 0.444 e. The van der Waals surface area contributed by atoms with E-state index in [9.17, 15) is 4.79 Å². The molecule has 0 aliphatic heterocycles. The number of nitrogens with one attached hydrogen (secondary N) is 1. The van der Waals surface area contributed by atoms with Crippen molar-refractivity contribution in [2.24, 2.45) is 5.73 Å². The number of benzene rings is 1. The summed E-state index contributed by atoms with van der Waals surface area (Å²) in [5.74, 6) is 0. The van der Waals surface area contributed by atoms with E-state index in [0.717, 1.165) is 5.56 Å². The quantitative estimate of drug-likeness (QED) is 0.754. The lowest BCUT2D eigenvalue weighted by atomic mass is 10.2. The highest BCUT2D eigenvalue weighted by Gasteiger charge is 2.18. The first-order chi connectivity index (χ1) is 7.38. The van der Waals surface area contributed by atoms with E-state index in [1.54, 1.807) is 20.8 Å². The van der Waals surface area contributed by atoms with Gasteiger partial charge in [-0.2, -0.15) is 0 Å². The topological polar surface area (TPSA) is 64.3 Å². The molecular weight excluding hydrogens is 204 g/mol. The minimum absolute atomic E-state index is 0.510. The Labute approximate surface area is 95.8 Å². The standard InChI is InChI=1S/C12H18N2O2/c1-12(2,3)16-11(15)14-10(13)9-7-5-4-6-8-9/h4-8,10H,13H2,1-3H3,(H,14,15)/t10-/m1/s1. The molecule has 3 N–H and O–H groups in total. The number of alkyl carbamates (subject to hydrolysis) is 1. The fourth-order valence-electron chi connectivity index (χ4n) is 1.18. The van der Waals surface area contributed by atoms with Crippen LogP contribution in [0.3, 0.4) is 0 Å². The van der Waals surface area contributed by atoms with E-state index < -0.39 is 17.9 Å². The SMILES string of the molecule is CC(C)(C)OC(=O)N[C@@H](N)c1ccccc1. The van der Waals surface area contributed by atoms with Gasteiger partial charge in [0.25, 0.3) is 0 Å². The van der Waals surface area contributed by atoms with E-state index in [-0.39, 0.29) is 0 Å². The smallest absolute Gasteiger partial charge is 0.409 e. The van der Waals surface area contributed by atoms with Gasteiger partial charge < -0.3 is 15.8 Å². The number of carbonyl (C=O) groups is 1. The molecule has 0 radical (unpaired) electrons. The van der Waals surface area contributed by atoms with Gasteiger partial charge in [-0.25, -0.2) is 4.79 Å². The van der Waals surface area contributed by atoms with Gasteiger partial charge in [-0.05, 0) is 26.3 Å². The van der Waals surface area contributed by atoms with Crippen LogP contribution in [0.2, 0.25) is 0 Å². The Balaban J connectivity index is 2.52. The molecule has 4 heteroatoms. The molecule has 0 saturated carbocycles. The van der Waals surface area contributed by atoms with Crippen LogP contribution >= 0.6 is 0 Å². The van der Waals surface area contributed by atoms with Crippen molar-refractivity contribution >= 4 is 6.09 Å². The molecule has 1 amide bonds. The Bertz CT molecular complexity index is 344. The number of amides is 1. The average Bonchev–Trinajstić information content (AvgIpc) is 2.16. The minimum atomic E-state index is -0.545.